The SMILES string of the molecule is CN(C)S(=O)(=O)C[C@@H]1COC[C@H]1n1ccnc1-c1cccc(O)c1. The van der Waals surface area contributed by atoms with Crippen molar-refractivity contribution in [3.05, 3.63) is 36.7 Å². The van der Waals surface area contributed by atoms with Crippen molar-refractivity contribution in [2.45, 2.75) is 6.04 Å². The number of rotatable bonds is 5. The molecule has 1 saturated heterocycles. The van der Waals surface area contributed by atoms with Crippen molar-refractivity contribution >= 4 is 10.0 Å². The second-order valence-electron chi connectivity index (χ2n) is 6.13. The van der Waals surface area contributed by atoms with Crippen LogP contribution in [0.4, 0.5) is 0 Å². The molecule has 0 unspecified atom stereocenters. The molecule has 1 N–H and O–H groups in total. The molecule has 2 atom stereocenters. The van der Waals surface area contributed by atoms with Gasteiger partial charge in [-0.2, -0.15) is 0 Å². The van der Waals surface area contributed by atoms with Crippen LogP contribution in [0, 0.1) is 5.92 Å². The first-order valence-corrected chi connectivity index (χ1v) is 9.29. The van der Waals surface area contributed by atoms with Crippen LogP contribution in [0.2, 0.25) is 0 Å². The maximum Gasteiger partial charge on any atom is 0.214 e. The first kappa shape index (κ1) is 16.9. The Bertz CT molecular complexity index is 816. The lowest BCUT2D eigenvalue weighted by molar-refractivity contribution is 0.182. The molecule has 1 aromatic heterocycles. The summed E-state index contributed by atoms with van der Waals surface area (Å²) in [4.78, 5) is 4.37. The van der Waals surface area contributed by atoms with Gasteiger partial charge in [-0.15, -0.1) is 0 Å². The molecule has 0 aliphatic carbocycles. The molecule has 0 saturated carbocycles. The van der Waals surface area contributed by atoms with Gasteiger partial charge in [-0.1, -0.05) is 12.1 Å². The van der Waals surface area contributed by atoms with E-state index < -0.39 is 10.0 Å². The van der Waals surface area contributed by atoms with Crippen LogP contribution in [-0.4, -0.2) is 60.4 Å². The van der Waals surface area contributed by atoms with Crippen molar-refractivity contribution < 1.29 is 18.3 Å². The molecule has 8 heteroatoms. The fraction of sp³-hybridized carbons (Fsp3) is 0.438. The van der Waals surface area contributed by atoms with E-state index >= 15 is 0 Å². The Kier molecular flexibility index (Phi) is 4.62. The van der Waals surface area contributed by atoms with Gasteiger partial charge in [0.05, 0.1) is 25.0 Å². The molecule has 3 rings (SSSR count). The fourth-order valence-electron chi connectivity index (χ4n) is 2.92. The summed E-state index contributed by atoms with van der Waals surface area (Å²) in [6.07, 6.45) is 3.50. The molecule has 2 heterocycles. The Morgan fingerprint density at radius 2 is 2.17 bits per heavy atom. The van der Waals surface area contributed by atoms with Crippen LogP contribution < -0.4 is 0 Å². The number of phenolic OH excluding ortho intramolecular Hbond substituents is 1. The minimum Gasteiger partial charge on any atom is -0.508 e. The summed E-state index contributed by atoms with van der Waals surface area (Å²) in [5, 5.41) is 9.69. The predicted molar refractivity (Wildman–Crippen MR) is 90.1 cm³/mol. The highest BCUT2D eigenvalue weighted by Gasteiger charge is 2.35. The van der Waals surface area contributed by atoms with Crippen LogP contribution in [0.3, 0.4) is 0 Å². The minimum atomic E-state index is -3.31. The highest BCUT2D eigenvalue weighted by Crippen LogP contribution is 2.32. The molecule has 1 aliphatic heterocycles. The monoisotopic (exact) mass is 351 g/mol. The number of aromatic hydroxyl groups is 1. The summed E-state index contributed by atoms with van der Waals surface area (Å²) >= 11 is 0. The molecule has 0 radical (unpaired) electrons. The van der Waals surface area contributed by atoms with Crippen LogP contribution in [0.1, 0.15) is 6.04 Å². The summed E-state index contributed by atoms with van der Waals surface area (Å²) in [5.74, 6) is 0.732. The average Bonchev–Trinajstić information content (AvgIpc) is 3.15. The molecule has 0 bridgehead atoms. The number of aromatic nitrogens is 2. The number of imidazole rings is 1. The van der Waals surface area contributed by atoms with Gasteiger partial charge in [0.25, 0.3) is 0 Å². The van der Waals surface area contributed by atoms with E-state index in [2.05, 4.69) is 4.98 Å². The van der Waals surface area contributed by atoms with Gasteiger partial charge in [0.15, 0.2) is 0 Å². The molecule has 0 amide bonds. The molecule has 2 aromatic rings. The van der Waals surface area contributed by atoms with Gasteiger partial charge in [0.1, 0.15) is 11.6 Å². The molecule has 1 fully saturated rings. The van der Waals surface area contributed by atoms with E-state index in [1.54, 1.807) is 24.4 Å². The summed E-state index contributed by atoms with van der Waals surface area (Å²) in [6, 6.07) is 6.74. The van der Waals surface area contributed by atoms with Gasteiger partial charge >= 0.3 is 0 Å². The standard InChI is InChI=1S/C16H21N3O4S/c1-18(2)24(21,22)11-13-9-23-10-15(13)19-7-6-17-16(19)12-4-3-5-14(20)8-12/h3-8,13,15,20H,9-11H2,1-2H3/t13-,15+/m0/s1. The Balaban J connectivity index is 1.91. The average molecular weight is 351 g/mol. The second kappa shape index (κ2) is 6.54. The summed E-state index contributed by atoms with van der Waals surface area (Å²) in [5.41, 5.74) is 0.779. The van der Waals surface area contributed by atoms with E-state index in [9.17, 15) is 13.5 Å². The van der Waals surface area contributed by atoms with Crippen LogP contribution in [-0.2, 0) is 14.8 Å². The largest absolute Gasteiger partial charge is 0.508 e. The number of benzene rings is 1. The van der Waals surface area contributed by atoms with Crippen molar-refractivity contribution in [2.24, 2.45) is 5.92 Å². The number of hydrogen-bond donors (Lipinski definition) is 1. The van der Waals surface area contributed by atoms with Crippen LogP contribution in [0.25, 0.3) is 11.4 Å². The Hall–Kier alpha value is -1.90. The quantitative estimate of drug-likeness (QED) is 0.879. The Labute approximate surface area is 141 Å². The number of hydrogen-bond acceptors (Lipinski definition) is 5. The van der Waals surface area contributed by atoms with E-state index in [1.807, 2.05) is 16.8 Å². The summed E-state index contributed by atoms with van der Waals surface area (Å²) < 4.78 is 33.2. The molecule has 0 spiro atoms. The first-order chi connectivity index (χ1) is 11.4. The van der Waals surface area contributed by atoms with Gasteiger partial charge in [0.2, 0.25) is 10.0 Å². The Morgan fingerprint density at radius 1 is 1.38 bits per heavy atom. The highest BCUT2D eigenvalue weighted by atomic mass is 32.2. The summed E-state index contributed by atoms with van der Waals surface area (Å²) in [6.45, 7) is 0.838. The number of sulfonamides is 1. The van der Waals surface area contributed by atoms with Gasteiger partial charge < -0.3 is 14.4 Å². The lowest BCUT2D eigenvalue weighted by atomic mass is 10.1. The number of phenols is 1. The predicted octanol–water partition coefficient (Wildman–Crippen LogP) is 1.33. The van der Waals surface area contributed by atoms with Gasteiger partial charge in [-0.3, -0.25) is 0 Å². The third-order valence-corrected chi connectivity index (χ3v) is 6.24. The zero-order valence-corrected chi connectivity index (χ0v) is 14.5. The van der Waals surface area contributed by atoms with Crippen LogP contribution in [0.5, 0.6) is 5.75 Å². The van der Waals surface area contributed by atoms with Crippen molar-refractivity contribution in [3.8, 4) is 17.1 Å². The van der Waals surface area contributed by atoms with E-state index in [4.69, 9.17) is 4.74 Å². The van der Waals surface area contributed by atoms with Gasteiger partial charge in [-0.05, 0) is 12.1 Å². The molecule has 130 valence electrons. The van der Waals surface area contributed by atoms with E-state index in [0.29, 0.717) is 19.0 Å². The van der Waals surface area contributed by atoms with E-state index in [-0.39, 0.29) is 23.5 Å². The van der Waals surface area contributed by atoms with Gasteiger partial charge in [-0.25, -0.2) is 17.7 Å². The first-order valence-electron chi connectivity index (χ1n) is 7.68. The maximum absolute atomic E-state index is 12.2. The number of ether oxygens (including phenoxy) is 1. The van der Waals surface area contributed by atoms with Crippen molar-refractivity contribution in [1.82, 2.24) is 13.9 Å². The van der Waals surface area contributed by atoms with Crippen molar-refractivity contribution in [1.29, 1.82) is 0 Å². The molecular formula is C16H21N3O4S. The molecule has 7 nitrogen and oxygen atoms in total. The van der Waals surface area contributed by atoms with E-state index in [1.165, 1.54) is 18.4 Å². The third kappa shape index (κ3) is 3.31. The molecular weight excluding hydrogens is 330 g/mol. The summed E-state index contributed by atoms with van der Waals surface area (Å²) in [7, 11) is -0.236. The third-order valence-electron chi connectivity index (χ3n) is 4.28. The molecule has 24 heavy (non-hydrogen) atoms. The van der Waals surface area contributed by atoms with Crippen molar-refractivity contribution in [3.63, 3.8) is 0 Å². The number of nitrogens with zero attached hydrogens (tertiary/aromatic N) is 3. The van der Waals surface area contributed by atoms with E-state index in [0.717, 1.165) is 5.56 Å². The van der Waals surface area contributed by atoms with Crippen molar-refractivity contribution in [2.75, 3.05) is 33.1 Å². The molecule has 1 aliphatic rings. The minimum absolute atomic E-state index is 0.0301. The highest BCUT2D eigenvalue weighted by molar-refractivity contribution is 7.89. The molecule has 1 aromatic carbocycles. The lowest BCUT2D eigenvalue weighted by Crippen LogP contribution is -2.32. The zero-order chi connectivity index (χ0) is 17.3. The second-order valence-corrected chi connectivity index (χ2v) is 8.36. The van der Waals surface area contributed by atoms with Crippen LogP contribution in [0.15, 0.2) is 36.7 Å². The Morgan fingerprint density at radius 3 is 2.88 bits per heavy atom. The van der Waals surface area contributed by atoms with Gasteiger partial charge in [0, 0.05) is 38.0 Å². The maximum atomic E-state index is 12.2. The fourth-order valence-corrected chi connectivity index (χ4v) is 4.08. The normalized spacial score (nSPS) is 21.5. The zero-order valence-electron chi connectivity index (χ0n) is 13.7. The van der Waals surface area contributed by atoms with Crippen LogP contribution >= 0.6 is 0 Å². The topological polar surface area (TPSA) is 84.7 Å². The smallest absolute Gasteiger partial charge is 0.214 e. The lowest BCUT2D eigenvalue weighted by Gasteiger charge is -2.22.